The Morgan fingerprint density at radius 3 is 1.61 bits per heavy atom. The van der Waals surface area contributed by atoms with Gasteiger partial charge in [0.1, 0.15) is 23.5 Å². The van der Waals surface area contributed by atoms with Crippen molar-refractivity contribution in [3.63, 3.8) is 0 Å². The minimum Gasteiger partial charge on any atom is -0.497 e. The number of rotatable bonds is 17. The van der Waals surface area contributed by atoms with E-state index in [2.05, 4.69) is 175 Å². The Morgan fingerprint density at radius 1 is 0.583 bits per heavy atom. The van der Waals surface area contributed by atoms with Crippen LogP contribution in [0.2, 0.25) is 0 Å². The third kappa shape index (κ3) is 18.9. The number of halogens is 1. The summed E-state index contributed by atoms with van der Waals surface area (Å²) >= 11 is 4.39. The van der Waals surface area contributed by atoms with E-state index in [1.54, 1.807) is 38.7 Å². The number of imidazole rings is 1. The second kappa shape index (κ2) is 32.2. The van der Waals surface area contributed by atoms with Crippen LogP contribution in [0.25, 0.3) is 22.8 Å². The van der Waals surface area contributed by atoms with Crippen LogP contribution in [-0.2, 0) is 53.9 Å². The van der Waals surface area contributed by atoms with Crippen LogP contribution in [0, 0.1) is 41.4 Å². The van der Waals surface area contributed by atoms with E-state index in [1.165, 1.54) is 27.8 Å². The molecule has 8 rings (SSSR count). The van der Waals surface area contributed by atoms with Gasteiger partial charge in [0.2, 0.25) is 0 Å². The van der Waals surface area contributed by atoms with Gasteiger partial charge in [-0.15, -0.1) is 0 Å². The zero-order valence-corrected chi connectivity index (χ0v) is 48.8. The second-order valence-corrected chi connectivity index (χ2v) is 17.1. The normalized spacial score (nSPS) is 11.5. The van der Waals surface area contributed by atoms with Gasteiger partial charge in [0.05, 0.1) is 62.6 Å². The SMILES string of the molecule is COc1ccnc(-c2cc(OC)ccn2)c1.[CH2-]Cl.[CH2-][n+]1ccc(C(CC)CC(CC(CC)c2cc[n+](CCCn3cc[n+]([CH2-])c3)cc2)c2ccncc2)cc1.[CH2-][n+]1ccc(C)cc1-c1cc(C)ccn1.[Os].[W]. The molecular formula is C58H70ClN9O2OsW. The van der Waals surface area contributed by atoms with Crippen LogP contribution >= 0.6 is 11.6 Å². The Bertz CT molecular complexity index is 2720. The van der Waals surface area contributed by atoms with Crippen molar-refractivity contribution in [2.24, 2.45) is 0 Å². The smallest absolute Gasteiger partial charge is 0.169 e. The van der Waals surface area contributed by atoms with Crippen LogP contribution in [0.4, 0.5) is 0 Å². The molecule has 72 heavy (non-hydrogen) atoms. The van der Waals surface area contributed by atoms with E-state index in [9.17, 15) is 0 Å². The zero-order chi connectivity index (χ0) is 50.3. The number of hydrogen-bond acceptors (Lipinski definition) is 6. The summed E-state index contributed by atoms with van der Waals surface area (Å²) in [4.78, 5) is 17.1. The van der Waals surface area contributed by atoms with E-state index >= 15 is 0 Å². The van der Waals surface area contributed by atoms with Gasteiger partial charge in [-0.25, -0.2) is 4.57 Å². The number of hydrogen-bond donors (Lipinski definition) is 0. The predicted molar refractivity (Wildman–Crippen MR) is 278 cm³/mol. The zero-order valence-electron chi connectivity index (χ0n) is 42.6. The fourth-order valence-electron chi connectivity index (χ4n) is 8.29. The topological polar surface area (TPSA) is 90.5 Å². The van der Waals surface area contributed by atoms with Crippen LogP contribution in [0.1, 0.15) is 91.5 Å². The minimum absolute atomic E-state index is 0. The molecule has 0 amide bonds. The first-order valence-electron chi connectivity index (χ1n) is 23.7. The number of nitrogens with zero attached hydrogens (tertiary/aromatic N) is 9. The minimum atomic E-state index is 0. The van der Waals surface area contributed by atoms with Gasteiger partial charge in [-0.2, -0.15) is 0 Å². The van der Waals surface area contributed by atoms with Gasteiger partial charge < -0.3 is 39.3 Å². The molecule has 0 aliphatic heterocycles. The molecule has 0 radical (unpaired) electrons. The van der Waals surface area contributed by atoms with Crippen LogP contribution in [-0.4, -0.2) is 38.7 Å². The van der Waals surface area contributed by atoms with E-state index in [1.807, 2.05) is 75.3 Å². The van der Waals surface area contributed by atoms with Gasteiger partial charge in [0, 0.05) is 123 Å². The van der Waals surface area contributed by atoms with E-state index < -0.39 is 0 Å². The molecule has 0 N–H and O–H groups in total. The van der Waals surface area contributed by atoms with Gasteiger partial charge in [-0.1, -0.05) is 43.2 Å². The van der Waals surface area contributed by atoms with E-state index in [0.717, 1.165) is 79.5 Å². The van der Waals surface area contributed by atoms with E-state index in [4.69, 9.17) is 9.47 Å². The van der Waals surface area contributed by atoms with Crippen molar-refractivity contribution in [1.29, 1.82) is 0 Å². The summed E-state index contributed by atoms with van der Waals surface area (Å²) in [6, 6.07) is 29.0. The molecule has 380 valence electrons. The van der Waals surface area contributed by atoms with Gasteiger partial charge >= 0.3 is 0 Å². The molecule has 0 spiro atoms. The van der Waals surface area contributed by atoms with Crippen LogP contribution in [0.3, 0.4) is 0 Å². The molecule has 3 unspecified atom stereocenters. The summed E-state index contributed by atoms with van der Waals surface area (Å²) in [5.74, 6) is 3.04. The molecule has 8 aromatic rings. The first-order valence-corrected chi connectivity index (χ1v) is 24.2. The molecule has 8 aromatic heterocycles. The second-order valence-electron chi connectivity index (χ2n) is 17.1. The summed E-state index contributed by atoms with van der Waals surface area (Å²) in [5.41, 5.74) is 10.2. The average Bonchev–Trinajstić information content (AvgIpc) is 3.83. The summed E-state index contributed by atoms with van der Waals surface area (Å²) in [6.45, 7) is 10.8. The molecule has 0 aromatic carbocycles. The number of pyridine rings is 7. The Kier molecular flexibility index (Phi) is 27.0. The van der Waals surface area contributed by atoms with E-state index in [-0.39, 0.29) is 40.9 Å². The predicted octanol–water partition coefficient (Wildman–Crippen LogP) is 10.8. The Morgan fingerprint density at radius 2 is 1.10 bits per heavy atom. The molecule has 0 aliphatic rings. The summed E-state index contributed by atoms with van der Waals surface area (Å²) in [6.07, 6.45) is 34.1. The van der Waals surface area contributed by atoms with Crippen molar-refractivity contribution in [2.45, 2.75) is 90.6 Å². The van der Waals surface area contributed by atoms with Crippen molar-refractivity contribution >= 4 is 11.6 Å². The average molecular weight is 1330 g/mol. The largest absolute Gasteiger partial charge is 0.497 e. The Hall–Kier alpha value is -5.92. The Balaban J connectivity index is 0.000000322. The fraction of sp³-hybridized carbons (Fsp3) is 0.276. The van der Waals surface area contributed by atoms with Crippen LogP contribution < -0.4 is 27.7 Å². The van der Waals surface area contributed by atoms with E-state index in [0.29, 0.717) is 17.8 Å². The molecule has 3 atom stereocenters. The van der Waals surface area contributed by atoms with Crippen molar-refractivity contribution in [3.8, 4) is 34.3 Å². The number of methoxy groups -OCH3 is 2. The molecule has 11 nitrogen and oxygen atoms in total. The monoisotopic (exact) mass is 1340 g/mol. The first-order chi connectivity index (χ1) is 34.0. The van der Waals surface area contributed by atoms with Crippen LogP contribution in [0.15, 0.2) is 166 Å². The number of ether oxygens (including phenoxy) is 2. The molecule has 14 heteroatoms. The molecule has 0 bridgehead atoms. The standard InChI is InChI=1S/C32H42N5.C13H14N2.C12H12N2O2.CH2Cl.Os.W/c1-5-27(30-10-18-34(3)19-11-30)24-32(29-8-14-33-15-9-29)25-28(6-2)31-12-20-36(21-13-31)16-7-17-37-23-22-35(4)26-37;1-10-4-6-14-12(8-10)13-9-11(2)5-7-15(13)3;1-15-9-3-5-13-11(7-9)12-8-10(16-2)4-6-14-12;1-2;;/h8-15,18-23,26-28,32H,3-7,16-17,24-25H2,1-2H3;4-9H,3H2,1-2H3;3-8H,1-2H3;1H2;;/q+1;;;-1;;. The number of aromatic nitrogens is 9. The maximum Gasteiger partial charge on any atom is 0.169 e. The third-order valence-corrected chi connectivity index (χ3v) is 12.2. The fourth-order valence-corrected chi connectivity index (χ4v) is 8.29. The van der Waals surface area contributed by atoms with Crippen molar-refractivity contribution in [2.75, 3.05) is 14.2 Å². The third-order valence-electron chi connectivity index (χ3n) is 12.2. The molecule has 0 saturated heterocycles. The summed E-state index contributed by atoms with van der Waals surface area (Å²) < 4.78 is 20.3. The van der Waals surface area contributed by atoms with Gasteiger partial charge in [-0.05, 0) is 123 Å². The molecular weight excluding hydrogens is 1260 g/mol. The van der Waals surface area contributed by atoms with Crippen molar-refractivity contribution in [1.82, 2.24) is 24.5 Å². The summed E-state index contributed by atoms with van der Waals surface area (Å²) in [5, 5.41) is 0. The van der Waals surface area contributed by atoms with Gasteiger partial charge in [0.15, 0.2) is 18.9 Å². The first kappa shape index (κ1) is 60.4. The van der Waals surface area contributed by atoms with Gasteiger partial charge in [0.25, 0.3) is 0 Å². The van der Waals surface area contributed by atoms with Crippen LogP contribution in [0.5, 0.6) is 11.5 Å². The summed E-state index contributed by atoms with van der Waals surface area (Å²) in [7, 11) is 15.1. The van der Waals surface area contributed by atoms with Gasteiger partial charge in [-0.3, -0.25) is 26.3 Å². The number of aryl methyl sites for hydroxylation is 4. The Labute approximate surface area is 461 Å². The maximum atomic E-state index is 5.13. The maximum absolute atomic E-state index is 5.13. The molecule has 0 aliphatic carbocycles. The van der Waals surface area contributed by atoms with Crippen molar-refractivity contribution < 1.29 is 68.6 Å². The quantitative estimate of drug-likeness (QED) is 0.0666. The molecule has 0 saturated carbocycles. The molecule has 0 fully saturated rings. The molecule has 8 heterocycles. The van der Waals surface area contributed by atoms with Crippen molar-refractivity contribution in [3.05, 3.63) is 221 Å².